The van der Waals surface area contributed by atoms with Crippen LogP contribution in [0.5, 0.6) is 0 Å². The Balaban J connectivity index is 1.92. The molecule has 2 rings (SSSR count). The van der Waals surface area contributed by atoms with Crippen molar-refractivity contribution in [2.75, 3.05) is 18.9 Å². The lowest BCUT2D eigenvalue weighted by molar-refractivity contribution is -0.137. The van der Waals surface area contributed by atoms with Crippen LogP contribution in [0, 0.1) is 0 Å². The lowest BCUT2D eigenvalue weighted by Crippen LogP contribution is -2.29. The minimum absolute atomic E-state index is 0.0991. The van der Waals surface area contributed by atoms with E-state index in [1.54, 1.807) is 11.9 Å². The standard InChI is InChI=1S/C18H17F5N2O3S/c1-25(10-12-2-4-13(5-3-12)18(21,22)23)11-16(26)24-14-6-8-15(9-7-14)29(27,28)17(19)20/h2-9,17H,10-11H2,1H3,(H,24,26). The van der Waals surface area contributed by atoms with Crippen LogP contribution in [0.15, 0.2) is 53.4 Å². The third-order valence-electron chi connectivity index (χ3n) is 3.85. The van der Waals surface area contributed by atoms with Gasteiger partial charge in [0.2, 0.25) is 15.7 Å². The summed E-state index contributed by atoms with van der Waals surface area (Å²) in [6.45, 7) is 0.120. The Kier molecular flexibility index (Phi) is 6.96. The van der Waals surface area contributed by atoms with E-state index in [0.717, 1.165) is 24.3 Å². The number of anilines is 1. The fourth-order valence-electron chi connectivity index (χ4n) is 2.44. The van der Waals surface area contributed by atoms with Crippen molar-refractivity contribution in [2.45, 2.75) is 23.4 Å². The van der Waals surface area contributed by atoms with Gasteiger partial charge in [-0.05, 0) is 49.0 Å². The Bertz CT molecular complexity index is 943. The summed E-state index contributed by atoms with van der Waals surface area (Å²) in [5.41, 5.74) is 0.0277. The van der Waals surface area contributed by atoms with Gasteiger partial charge in [-0.2, -0.15) is 22.0 Å². The fourth-order valence-corrected chi connectivity index (χ4v) is 3.16. The first-order chi connectivity index (χ1) is 13.4. The second kappa shape index (κ2) is 8.87. The van der Waals surface area contributed by atoms with E-state index in [1.807, 2.05) is 0 Å². The van der Waals surface area contributed by atoms with E-state index in [1.165, 1.54) is 24.3 Å². The summed E-state index contributed by atoms with van der Waals surface area (Å²) in [4.78, 5) is 13.0. The molecule has 0 saturated heterocycles. The van der Waals surface area contributed by atoms with Crippen LogP contribution in [0.4, 0.5) is 27.6 Å². The van der Waals surface area contributed by atoms with Gasteiger partial charge < -0.3 is 5.32 Å². The molecule has 0 atom stereocenters. The average Bonchev–Trinajstić information content (AvgIpc) is 2.61. The number of likely N-dealkylation sites (N-methyl/N-ethyl adjacent to an activating group) is 1. The number of rotatable bonds is 7. The lowest BCUT2D eigenvalue weighted by atomic mass is 10.1. The molecule has 0 fully saturated rings. The molecule has 158 valence electrons. The highest BCUT2D eigenvalue weighted by Gasteiger charge is 2.30. The number of nitrogens with zero attached hydrogens (tertiary/aromatic N) is 1. The number of hydrogen-bond donors (Lipinski definition) is 1. The van der Waals surface area contributed by atoms with Crippen LogP contribution >= 0.6 is 0 Å². The smallest absolute Gasteiger partial charge is 0.325 e. The van der Waals surface area contributed by atoms with Crippen molar-refractivity contribution in [1.29, 1.82) is 0 Å². The Morgan fingerprint density at radius 3 is 2.07 bits per heavy atom. The third-order valence-corrected chi connectivity index (χ3v) is 5.25. The van der Waals surface area contributed by atoms with Crippen molar-refractivity contribution in [2.24, 2.45) is 0 Å². The van der Waals surface area contributed by atoms with Gasteiger partial charge in [-0.25, -0.2) is 8.42 Å². The highest BCUT2D eigenvalue weighted by molar-refractivity contribution is 7.91. The number of hydrogen-bond acceptors (Lipinski definition) is 4. The molecule has 0 unspecified atom stereocenters. The molecule has 0 aliphatic rings. The normalized spacial score (nSPS) is 12.4. The van der Waals surface area contributed by atoms with Crippen LogP contribution in [-0.2, 0) is 27.4 Å². The van der Waals surface area contributed by atoms with Crippen LogP contribution in [0.25, 0.3) is 0 Å². The quantitative estimate of drug-likeness (QED) is 0.671. The van der Waals surface area contributed by atoms with E-state index >= 15 is 0 Å². The van der Waals surface area contributed by atoms with E-state index in [9.17, 15) is 35.2 Å². The molecular weight excluding hydrogens is 419 g/mol. The molecule has 0 aliphatic carbocycles. The first kappa shape index (κ1) is 22.8. The lowest BCUT2D eigenvalue weighted by Gasteiger charge is -2.17. The summed E-state index contributed by atoms with van der Waals surface area (Å²) >= 11 is 0. The van der Waals surface area contributed by atoms with Gasteiger partial charge >= 0.3 is 11.9 Å². The molecule has 1 N–H and O–H groups in total. The molecule has 0 heterocycles. The highest BCUT2D eigenvalue weighted by Crippen LogP contribution is 2.29. The van der Waals surface area contributed by atoms with Crippen molar-refractivity contribution in [1.82, 2.24) is 4.90 Å². The molecule has 0 spiro atoms. The summed E-state index contributed by atoms with van der Waals surface area (Å²) in [7, 11) is -3.12. The maximum atomic E-state index is 12.6. The van der Waals surface area contributed by atoms with Crippen molar-refractivity contribution in [3.63, 3.8) is 0 Å². The number of alkyl halides is 5. The van der Waals surface area contributed by atoms with E-state index in [0.29, 0.717) is 5.56 Å². The minimum atomic E-state index is -4.71. The SMILES string of the molecule is CN(CC(=O)Nc1ccc(S(=O)(=O)C(F)F)cc1)Cc1ccc(C(F)(F)F)cc1. The first-order valence-corrected chi connectivity index (χ1v) is 9.71. The average molecular weight is 436 g/mol. The van der Waals surface area contributed by atoms with Gasteiger partial charge in [-0.15, -0.1) is 0 Å². The zero-order chi connectivity index (χ0) is 21.8. The van der Waals surface area contributed by atoms with E-state index in [-0.39, 0.29) is 18.8 Å². The predicted octanol–water partition coefficient (Wildman–Crippen LogP) is 3.77. The van der Waals surface area contributed by atoms with Gasteiger partial charge in [0.25, 0.3) is 0 Å². The summed E-state index contributed by atoms with van der Waals surface area (Å²) in [6, 6.07) is 8.84. The van der Waals surface area contributed by atoms with Crippen LogP contribution in [-0.4, -0.2) is 38.6 Å². The molecule has 2 aromatic rings. The number of halogens is 5. The van der Waals surface area contributed by atoms with Gasteiger partial charge in [0.15, 0.2) is 0 Å². The van der Waals surface area contributed by atoms with Crippen LogP contribution in [0.2, 0.25) is 0 Å². The zero-order valence-electron chi connectivity index (χ0n) is 15.1. The second-order valence-electron chi connectivity index (χ2n) is 6.25. The molecule has 0 aromatic heterocycles. The predicted molar refractivity (Wildman–Crippen MR) is 96.0 cm³/mol. The molecule has 5 nitrogen and oxygen atoms in total. The number of benzene rings is 2. The van der Waals surface area contributed by atoms with Gasteiger partial charge in [-0.1, -0.05) is 12.1 Å². The summed E-state index contributed by atoms with van der Waals surface area (Å²) in [6.07, 6.45) is -4.42. The molecule has 0 radical (unpaired) electrons. The van der Waals surface area contributed by atoms with Gasteiger partial charge in [0.05, 0.1) is 17.0 Å². The van der Waals surface area contributed by atoms with Crippen molar-refractivity contribution in [3.05, 3.63) is 59.7 Å². The molecule has 2 aromatic carbocycles. The number of amides is 1. The molecule has 11 heteroatoms. The van der Waals surface area contributed by atoms with Crippen molar-refractivity contribution >= 4 is 21.4 Å². The van der Waals surface area contributed by atoms with E-state index < -0.39 is 38.1 Å². The van der Waals surface area contributed by atoms with Crippen LogP contribution in [0.1, 0.15) is 11.1 Å². The molecule has 0 bridgehead atoms. The number of carbonyl (C=O) groups excluding carboxylic acids is 1. The topological polar surface area (TPSA) is 66.5 Å². The molecular formula is C18H17F5N2O3S. The maximum Gasteiger partial charge on any atom is 0.416 e. The summed E-state index contributed by atoms with van der Waals surface area (Å²) in [5, 5.41) is 2.48. The molecule has 0 saturated carbocycles. The molecule has 0 aliphatic heterocycles. The maximum absolute atomic E-state index is 12.6. The van der Waals surface area contributed by atoms with Gasteiger partial charge in [-0.3, -0.25) is 9.69 Å². The Morgan fingerprint density at radius 2 is 1.59 bits per heavy atom. The Morgan fingerprint density at radius 1 is 1.03 bits per heavy atom. The highest BCUT2D eigenvalue weighted by atomic mass is 32.2. The van der Waals surface area contributed by atoms with Crippen molar-refractivity contribution in [3.8, 4) is 0 Å². The van der Waals surface area contributed by atoms with Gasteiger partial charge in [0, 0.05) is 12.2 Å². The monoisotopic (exact) mass is 436 g/mol. The number of sulfone groups is 1. The largest absolute Gasteiger partial charge is 0.416 e. The second-order valence-corrected chi connectivity index (χ2v) is 8.16. The molecule has 1 amide bonds. The Labute approximate surface area is 164 Å². The van der Waals surface area contributed by atoms with Gasteiger partial charge in [0.1, 0.15) is 0 Å². The number of nitrogens with one attached hydrogen (secondary N) is 1. The Hall–Kier alpha value is -2.53. The first-order valence-electron chi connectivity index (χ1n) is 8.16. The van der Waals surface area contributed by atoms with E-state index in [4.69, 9.17) is 0 Å². The van der Waals surface area contributed by atoms with Crippen LogP contribution < -0.4 is 5.32 Å². The van der Waals surface area contributed by atoms with Crippen molar-refractivity contribution < 1.29 is 35.2 Å². The summed E-state index contributed by atoms with van der Waals surface area (Å²) < 4.78 is 85.4. The zero-order valence-corrected chi connectivity index (χ0v) is 15.9. The minimum Gasteiger partial charge on any atom is -0.325 e. The fraction of sp³-hybridized carbons (Fsp3) is 0.278. The third kappa shape index (κ3) is 6.23. The van der Waals surface area contributed by atoms with Crippen LogP contribution in [0.3, 0.4) is 0 Å². The number of carbonyl (C=O) groups is 1. The van der Waals surface area contributed by atoms with E-state index in [2.05, 4.69) is 5.32 Å². The molecule has 29 heavy (non-hydrogen) atoms. The summed E-state index contributed by atoms with van der Waals surface area (Å²) in [5.74, 6) is -4.01.